The van der Waals surface area contributed by atoms with Crippen molar-refractivity contribution in [1.29, 1.82) is 0 Å². The standard InChI is InChI=1S/C31H37NO2/c1-2-3-4-5-7-10-25-13-15-26(16-14-25)27-17-19-28(20-18-27)30(33)34-31(21-23-32-24-22-31)29-11-8-6-9-12-29/h6,8-9,11-20,32H,2-5,7,10,21-24H2,1H3. The molecule has 0 aliphatic carbocycles. The van der Waals surface area contributed by atoms with Gasteiger partial charge in [0.2, 0.25) is 0 Å². The summed E-state index contributed by atoms with van der Waals surface area (Å²) >= 11 is 0. The van der Waals surface area contributed by atoms with Crippen molar-refractivity contribution in [1.82, 2.24) is 5.32 Å². The average Bonchev–Trinajstić information content (AvgIpc) is 2.90. The molecule has 0 radical (unpaired) electrons. The van der Waals surface area contributed by atoms with E-state index >= 15 is 0 Å². The normalized spacial score (nSPS) is 15.1. The van der Waals surface area contributed by atoms with Gasteiger partial charge in [-0.15, -0.1) is 0 Å². The van der Waals surface area contributed by atoms with Gasteiger partial charge in [-0.1, -0.05) is 99.3 Å². The Kier molecular flexibility index (Phi) is 8.54. The fourth-order valence-corrected chi connectivity index (χ4v) is 4.85. The molecule has 178 valence electrons. The van der Waals surface area contributed by atoms with E-state index in [9.17, 15) is 4.79 Å². The predicted molar refractivity (Wildman–Crippen MR) is 140 cm³/mol. The van der Waals surface area contributed by atoms with Gasteiger partial charge in [0.25, 0.3) is 0 Å². The first kappa shape index (κ1) is 24.2. The average molecular weight is 456 g/mol. The number of rotatable bonds is 10. The zero-order chi connectivity index (χ0) is 23.6. The number of esters is 1. The number of ether oxygens (including phenoxy) is 1. The summed E-state index contributed by atoms with van der Waals surface area (Å²) in [5, 5.41) is 3.38. The summed E-state index contributed by atoms with van der Waals surface area (Å²) < 4.78 is 6.20. The lowest BCUT2D eigenvalue weighted by Gasteiger charge is -2.37. The second-order valence-electron chi connectivity index (χ2n) is 9.44. The van der Waals surface area contributed by atoms with Crippen molar-refractivity contribution in [2.75, 3.05) is 13.1 Å². The Balaban J connectivity index is 1.39. The maximum absolute atomic E-state index is 13.1. The first-order valence-electron chi connectivity index (χ1n) is 12.9. The molecule has 4 rings (SSSR count). The lowest BCUT2D eigenvalue weighted by atomic mass is 9.84. The largest absolute Gasteiger partial charge is 0.450 e. The number of aryl methyl sites for hydroxylation is 1. The van der Waals surface area contributed by atoms with Crippen LogP contribution in [0.2, 0.25) is 0 Å². The number of hydrogen-bond donors (Lipinski definition) is 1. The number of piperidine rings is 1. The number of unbranched alkanes of at least 4 members (excludes halogenated alkanes) is 4. The highest BCUT2D eigenvalue weighted by Crippen LogP contribution is 2.35. The Hall–Kier alpha value is -2.91. The zero-order valence-corrected chi connectivity index (χ0v) is 20.4. The van der Waals surface area contributed by atoms with Gasteiger partial charge in [-0.05, 0) is 60.3 Å². The Morgan fingerprint density at radius 1 is 0.794 bits per heavy atom. The van der Waals surface area contributed by atoms with Crippen molar-refractivity contribution in [3.8, 4) is 11.1 Å². The smallest absolute Gasteiger partial charge is 0.339 e. The van der Waals surface area contributed by atoms with E-state index in [1.54, 1.807) is 0 Å². The third-order valence-electron chi connectivity index (χ3n) is 6.98. The molecule has 0 unspecified atom stereocenters. The van der Waals surface area contributed by atoms with Crippen molar-refractivity contribution in [3.63, 3.8) is 0 Å². The molecule has 3 aromatic carbocycles. The van der Waals surface area contributed by atoms with Gasteiger partial charge in [-0.3, -0.25) is 0 Å². The van der Waals surface area contributed by atoms with Crippen molar-refractivity contribution in [2.24, 2.45) is 0 Å². The summed E-state index contributed by atoms with van der Waals surface area (Å²) in [6, 6.07) is 26.8. The fraction of sp³-hybridized carbons (Fsp3) is 0.387. The third kappa shape index (κ3) is 6.15. The van der Waals surface area contributed by atoms with E-state index in [0.717, 1.165) is 43.5 Å². The molecule has 1 aliphatic heterocycles. The van der Waals surface area contributed by atoms with Gasteiger partial charge in [0, 0.05) is 12.8 Å². The molecule has 1 fully saturated rings. The monoisotopic (exact) mass is 455 g/mol. The number of hydrogen-bond acceptors (Lipinski definition) is 3. The van der Waals surface area contributed by atoms with Crippen LogP contribution >= 0.6 is 0 Å². The zero-order valence-electron chi connectivity index (χ0n) is 20.4. The van der Waals surface area contributed by atoms with Gasteiger partial charge in [-0.25, -0.2) is 4.79 Å². The molecule has 0 aromatic heterocycles. The summed E-state index contributed by atoms with van der Waals surface area (Å²) in [5.74, 6) is -0.254. The topological polar surface area (TPSA) is 38.3 Å². The van der Waals surface area contributed by atoms with Gasteiger partial charge in [0.05, 0.1) is 5.56 Å². The SMILES string of the molecule is CCCCCCCc1ccc(-c2ccc(C(=O)OC3(c4ccccc4)CCNCC3)cc2)cc1. The highest BCUT2D eigenvalue weighted by molar-refractivity contribution is 5.90. The van der Waals surface area contributed by atoms with Crippen molar-refractivity contribution in [2.45, 2.75) is 63.9 Å². The molecule has 0 amide bonds. The molecule has 3 aromatic rings. The molecular formula is C31H37NO2. The van der Waals surface area contributed by atoms with Crippen LogP contribution in [0.1, 0.15) is 73.4 Å². The van der Waals surface area contributed by atoms with Crippen molar-refractivity contribution < 1.29 is 9.53 Å². The second kappa shape index (κ2) is 12.0. The van der Waals surface area contributed by atoms with Crippen molar-refractivity contribution >= 4 is 5.97 Å². The minimum atomic E-state index is -0.561. The lowest BCUT2D eigenvalue weighted by Crippen LogP contribution is -2.43. The number of carbonyl (C=O) groups is 1. The Morgan fingerprint density at radius 2 is 1.41 bits per heavy atom. The van der Waals surface area contributed by atoms with Gasteiger partial charge in [0.15, 0.2) is 0 Å². The Bertz CT molecular complexity index is 1020. The summed E-state index contributed by atoms with van der Waals surface area (Å²) in [4.78, 5) is 13.1. The van der Waals surface area contributed by atoms with E-state index in [0.29, 0.717) is 5.56 Å². The van der Waals surface area contributed by atoms with E-state index in [4.69, 9.17) is 4.74 Å². The van der Waals surface area contributed by atoms with Gasteiger partial charge < -0.3 is 10.1 Å². The van der Waals surface area contributed by atoms with Crippen LogP contribution in [0.15, 0.2) is 78.9 Å². The second-order valence-corrected chi connectivity index (χ2v) is 9.44. The Morgan fingerprint density at radius 3 is 2.06 bits per heavy atom. The molecule has 1 saturated heterocycles. The highest BCUT2D eigenvalue weighted by atomic mass is 16.6. The summed E-state index contributed by atoms with van der Waals surface area (Å²) in [6.45, 7) is 3.94. The van der Waals surface area contributed by atoms with Crippen LogP contribution in [0, 0.1) is 0 Å². The summed E-state index contributed by atoms with van der Waals surface area (Å²) in [5.41, 5.74) is 4.80. The van der Waals surface area contributed by atoms with Gasteiger partial charge in [0.1, 0.15) is 5.60 Å². The summed E-state index contributed by atoms with van der Waals surface area (Å²) in [6.07, 6.45) is 9.26. The molecule has 1 N–H and O–H groups in total. The molecule has 0 atom stereocenters. The minimum Gasteiger partial charge on any atom is -0.450 e. The van der Waals surface area contributed by atoms with E-state index in [1.165, 1.54) is 43.2 Å². The number of benzene rings is 3. The number of carbonyl (C=O) groups excluding carboxylic acids is 1. The maximum atomic E-state index is 13.1. The molecule has 0 saturated carbocycles. The van der Waals surface area contributed by atoms with Crippen LogP contribution in [0.3, 0.4) is 0 Å². The van der Waals surface area contributed by atoms with E-state index in [1.807, 2.05) is 42.5 Å². The third-order valence-corrected chi connectivity index (χ3v) is 6.98. The van der Waals surface area contributed by atoms with Crippen LogP contribution in [0.4, 0.5) is 0 Å². The first-order valence-corrected chi connectivity index (χ1v) is 12.9. The molecule has 1 aliphatic rings. The maximum Gasteiger partial charge on any atom is 0.339 e. The van der Waals surface area contributed by atoms with Crippen LogP contribution in [0.25, 0.3) is 11.1 Å². The van der Waals surface area contributed by atoms with E-state index in [-0.39, 0.29) is 5.97 Å². The first-order chi connectivity index (χ1) is 16.7. The van der Waals surface area contributed by atoms with Gasteiger partial charge >= 0.3 is 5.97 Å². The lowest BCUT2D eigenvalue weighted by molar-refractivity contribution is -0.0378. The Labute approximate surface area is 204 Å². The molecular weight excluding hydrogens is 418 g/mol. The molecule has 34 heavy (non-hydrogen) atoms. The predicted octanol–water partition coefficient (Wildman–Crippen LogP) is 7.30. The van der Waals surface area contributed by atoms with Crippen LogP contribution in [0.5, 0.6) is 0 Å². The van der Waals surface area contributed by atoms with Crippen LogP contribution < -0.4 is 5.32 Å². The molecule has 0 bridgehead atoms. The number of nitrogens with one attached hydrogen (secondary N) is 1. The van der Waals surface area contributed by atoms with Crippen LogP contribution in [-0.4, -0.2) is 19.1 Å². The van der Waals surface area contributed by atoms with E-state index < -0.39 is 5.60 Å². The molecule has 1 heterocycles. The minimum absolute atomic E-state index is 0.254. The molecule has 3 heteroatoms. The highest BCUT2D eigenvalue weighted by Gasteiger charge is 2.38. The summed E-state index contributed by atoms with van der Waals surface area (Å²) in [7, 11) is 0. The molecule has 0 spiro atoms. The quantitative estimate of drug-likeness (QED) is 0.257. The van der Waals surface area contributed by atoms with E-state index in [2.05, 4.69) is 48.6 Å². The van der Waals surface area contributed by atoms with Crippen molar-refractivity contribution in [3.05, 3.63) is 95.6 Å². The fourth-order valence-electron chi connectivity index (χ4n) is 4.85. The van der Waals surface area contributed by atoms with Crippen LogP contribution in [-0.2, 0) is 16.8 Å². The molecule has 3 nitrogen and oxygen atoms in total. The van der Waals surface area contributed by atoms with Gasteiger partial charge in [-0.2, -0.15) is 0 Å².